The lowest BCUT2D eigenvalue weighted by Gasteiger charge is -2.36. The first-order valence-electron chi connectivity index (χ1n) is 7.50. The summed E-state index contributed by atoms with van der Waals surface area (Å²) in [5.74, 6) is 0.0579. The van der Waals surface area contributed by atoms with E-state index in [0.29, 0.717) is 31.2 Å². The molecule has 2 aromatic rings. The number of nitro benzene ring substituents is 1. The first-order valence-corrected chi connectivity index (χ1v) is 8.70. The Hall–Kier alpha value is -2.12. The smallest absolute Gasteiger partial charge is 0.271 e. The second kappa shape index (κ2) is 6.78. The van der Waals surface area contributed by atoms with Crippen LogP contribution < -0.4 is 4.90 Å². The molecular formula is C16H16ClN3O3S. The lowest BCUT2D eigenvalue weighted by Crippen LogP contribution is -2.48. The van der Waals surface area contributed by atoms with E-state index in [1.165, 1.54) is 23.5 Å². The van der Waals surface area contributed by atoms with Crippen molar-refractivity contribution in [3.8, 4) is 0 Å². The average molecular weight is 366 g/mol. The lowest BCUT2D eigenvalue weighted by atomic mass is 10.2. The van der Waals surface area contributed by atoms with Crippen LogP contribution in [0, 0.1) is 17.0 Å². The van der Waals surface area contributed by atoms with Crippen molar-refractivity contribution in [2.24, 2.45) is 0 Å². The summed E-state index contributed by atoms with van der Waals surface area (Å²) in [4.78, 5) is 28.5. The van der Waals surface area contributed by atoms with Crippen LogP contribution in [0.5, 0.6) is 0 Å². The summed E-state index contributed by atoms with van der Waals surface area (Å²) in [6.07, 6.45) is 0. The number of benzene rings is 1. The molecule has 1 amide bonds. The molecule has 1 aromatic carbocycles. The minimum absolute atomic E-state index is 0.0226. The maximum absolute atomic E-state index is 12.5. The lowest BCUT2D eigenvalue weighted by molar-refractivity contribution is -0.384. The summed E-state index contributed by atoms with van der Waals surface area (Å²) in [5.41, 5.74) is 0.743. The predicted octanol–water partition coefficient (Wildman–Crippen LogP) is 3.58. The van der Waals surface area contributed by atoms with Gasteiger partial charge >= 0.3 is 0 Å². The molecule has 126 valence electrons. The molecule has 1 aliphatic rings. The summed E-state index contributed by atoms with van der Waals surface area (Å²) < 4.78 is 0. The van der Waals surface area contributed by atoms with E-state index in [9.17, 15) is 14.9 Å². The molecule has 0 saturated carbocycles. The summed E-state index contributed by atoms with van der Waals surface area (Å²) >= 11 is 7.68. The SMILES string of the molecule is Cc1ccc(C(=O)N2CCN(c3ccc([N+](=O)[O-])cc3Cl)CC2)s1. The van der Waals surface area contributed by atoms with Gasteiger partial charge in [0.25, 0.3) is 11.6 Å². The molecule has 24 heavy (non-hydrogen) atoms. The Labute approximate surface area is 148 Å². The molecule has 0 unspecified atom stereocenters. The fourth-order valence-electron chi connectivity index (χ4n) is 2.72. The Morgan fingerprint density at radius 2 is 1.92 bits per heavy atom. The van der Waals surface area contributed by atoms with Gasteiger partial charge in [-0.3, -0.25) is 14.9 Å². The highest BCUT2D eigenvalue weighted by atomic mass is 35.5. The predicted molar refractivity (Wildman–Crippen MR) is 95.3 cm³/mol. The molecule has 0 atom stereocenters. The number of rotatable bonds is 3. The molecule has 0 bridgehead atoms. The van der Waals surface area contributed by atoms with Crippen LogP contribution in [0.4, 0.5) is 11.4 Å². The van der Waals surface area contributed by atoms with Crippen molar-refractivity contribution in [1.29, 1.82) is 0 Å². The fraction of sp³-hybridized carbons (Fsp3) is 0.312. The van der Waals surface area contributed by atoms with E-state index in [4.69, 9.17) is 11.6 Å². The number of amides is 1. The fourth-order valence-corrected chi connectivity index (χ4v) is 3.85. The highest BCUT2D eigenvalue weighted by molar-refractivity contribution is 7.13. The van der Waals surface area contributed by atoms with Crippen molar-refractivity contribution >= 4 is 40.2 Å². The van der Waals surface area contributed by atoms with Gasteiger partial charge in [-0.25, -0.2) is 0 Å². The van der Waals surface area contributed by atoms with Crippen LogP contribution in [-0.4, -0.2) is 41.9 Å². The first-order chi connectivity index (χ1) is 11.5. The van der Waals surface area contributed by atoms with Crippen LogP contribution >= 0.6 is 22.9 Å². The monoisotopic (exact) mass is 365 g/mol. The molecule has 1 fully saturated rings. The van der Waals surface area contributed by atoms with Crippen LogP contribution in [0.2, 0.25) is 5.02 Å². The van der Waals surface area contributed by atoms with Gasteiger partial charge < -0.3 is 9.80 Å². The van der Waals surface area contributed by atoms with Crippen LogP contribution in [0.25, 0.3) is 0 Å². The Morgan fingerprint density at radius 1 is 1.21 bits per heavy atom. The number of nitrogens with zero attached hydrogens (tertiary/aromatic N) is 3. The zero-order valence-corrected chi connectivity index (χ0v) is 14.6. The van der Waals surface area contributed by atoms with Gasteiger partial charge in [-0.15, -0.1) is 11.3 Å². The Morgan fingerprint density at radius 3 is 2.46 bits per heavy atom. The minimum Gasteiger partial charge on any atom is -0.367 e. The standard InChI is InChI=1S/C16H16ClN3O3S/c1-11-2-5-15(24-11)16(21)19-8-6-18(7-9-19)14-4-3-12(20(22)23)10-13(14)17/h2-5,10H,6-9H2,1H3. The Kier molecular flexibility index (Phi) is 4.73. The number of hydrogen-bond donors (Lipinski definition) is 0. The summed E-state index contributed by atoms with van der Waals surface area (Å²) in [6, 6.07) is 8.29. The number of aryl methyl sites for hydroxylation is 1. The second-order valence-corrected chi connectivity index (χ2v) is 7.28. The Bertz CT molecular complexity index is 785. The van der Waals surface area contributed by atoms with E-state index in [1.54, 1.807) is 6.07 Å². The number of halogens is 1. The van der Waals surface area contributed by atoms with Gasteiger partial charge in [0.15, 0.2) is 0 Å². The third-order valence-electron chi connectivity index (χ3n) is 4.00. The van der Waals surface area contributed by atoms with Crippen LogP contribution in [0.1, 0.15) is 14.5 Å². The maximum Gasteiger partial charge on any atom is 0.271 e. The topological polar surface area (TPSA) is 66.7 Å². The number of carbonyl (C=O) groups is 1. The molecule has 3 rings (SSSR count). The number of carbonyl (C=O) groups excluding carboxylic acids is 1. The highest BCUT2D eigenvalue weighted by Gasteiger charge is 2.24. The molecule has 2 heterocycles. The van der Waals surface area contributed by atoms with Crippen molar-refractivity contribution in [3.05, 3.63) is 55.2 Å². The normalized spacial score (nSPS) is 14.8. The number of anilines is 1. The number of non-ortho nitro benzene ring substituents is 1. The van der Waals surface area contributed by atoms with Crippen molar-refractivity contribution in [3.63, 3.8) is 0 Å². The molecule has 0 spiro atoms. The van der Waals surface area contributed by atoms with Crippen LogP contribution in [0.15, 0.2) is 30.3 Å². The van der Waals surface area contributed by atoms with Gasteiger partial charge in [0, 0.05) is 43.2 Å². The molecule has 1 aliphatic heterocycles. The van der Waals surface area contributed by atoms with E-state index in [-0.39, 0.29) is 11.6 Å². The molecule has 0 aliphatic carbocycles. The van der Waals surface area contributed by atoms with Gasteiger partial charge in [0.05, 0.1) is 20.5 Å². The van der Waals surface area contributed by atoms with E-state index in [2.05, 4.69) is 4.90 Å². The third-order valence-corrected chi connectivity index (χ3v) is 5.29. The molecule has 0 N–H and O–H groups in total. The quantitative estimate of drug-likeness (QED) is 0.616. The maximum atomic E-state index is 12.5. The number of thiophene rings is 1. The molecule has 8 heteroatoms. The number of nitro groups is 1. The number of hydrogen-bond acceptors (Lipinski definition) is 5. The number of piperazine rings is 1. The molecule has 1 aromatic heterocycles. The zero-order valence-electron chi connectivity index (χ0n) is 13.1. The van der Waals surface area contributed by atoms with Crippen molar-refractivity contribution in [1.82, 2.24) is 4.90 Å². The van der Waals surface area contributed by atoms with E-state index in [1.807, 2.05) is 24.0 Å². The second-order valence-electron chi connectivity index (χ2n) is 5.58. The molecule has 1 saturated heterocycles. The van der Waals surface area contributed by atoms with Crippen molar-refractivity contribution in [2.75, 3.05) is 31.1 Å². The van der Waals surface area contributed by atoms with Crippen LogP contribution in [0.3, 0.4) is 0 Å². The van der Waals surface area contributed by atoms with Crippen molar-refractivity contribution in [2.45, 2.75) is 6.92 Å². The van der Waals surface area contributed by atoms with E-state index in [0.717, 1.165) is 15.4 Å². The minimum atomic E-state index is -0.463. The summed E-state index contributed by atoms with van der Waals surface area (Å²) in [7, 11) is 0. The summed E-state index contributed by atoms with van der Waals surface area (Å²) in [6.45, 7) is 4.48. The average Bonchev–Trinajstić information content (AvgIpc) is 3.00. The first kappa shape index (κ1) is 16.7. The Balaban J connectivity index is 1.67. The third kappa shape index (κ3) is 3.37. The molecule has 6 nitrogen and oxygen atoms in total. The van der Waals surface area contributed by atoms with E-state index < -0.39 is 4.92 Å². The zero-order chi connectivity index (χ0) is 17.3. The van der Waals surface area contributed by atoms with E-state index >= 15 is 0 Å². The van der Waals surface area contributed by atoms with Gasteiger partial charge in [-0.1, -0.05) is 11.6 Å². The molecular weight excluding hydrogens is 350 g/mol. The summed E-state index contributed by atoms with van der Waals surface area (Å²) in [5, 5.41) is 11.1. The highest BCUT2D eigenvalue weighted by Crippen LogP contribution is 2.30. The van der Waals surface area contributed by atoms with Crippen LogP contribution in [-0.2, 0) is 0 Å². The largest absolute Gasteiger partial charge is 0.367 e. The van der Waals surface area contributed by atoms with Gasteiger partial charge in [-0.05, 0) is 25.1 Å². The molecule has 0 radical (unpaired) electrons. The van der Waals surface area contributed by atoms with Crippen molar-refractivity contribution < 1.29 is 9.72 Å². The van der Waals surface area contributed by atoms with Gasteiger partial charge in [0.1, 0.15) is 0 Å². The van der Waals surface area contributed by atoms with Gasteiger partial charge in [-0.2, -0.15) is 0 Å². The van der Waals surface area contributed by atoms with Gasteiger partial charge in [0.2, 0.25) is 0 Å².